The molecule has 1 aromatic carbocycles. The molecule has 0 aliphatic carbocycles. The number of ether oxygens (including phenoxy) is 1. The zero-order chi connectivity index (χ0) is 14.6. The predicted octanol–water partition coefficient (Wildman–Crippen LogP) is 3.07. The van der Waals surface area contributed by atoms with E-state index in [1.54, 1.807) is 25.3 Å². The van der Waals surface area contributed by atoms with Gasteiger partial charge in [-0.3, -0.25) is 4.79 Å². The highest BCUT2D eigenvalue weighted by Gasteiger charge is 2.40. The summed E-state index contributed by atoms with van der Waals surface area (Å²) in [6.45, 7) is 3.72. The summed E-state index contributed by atoms with van der Waals surface area (Å²) in [6, 6.07) is 5.26. The molecule has 2 N–H and O–H groups in total. The molecule has 1 fully saturated rings. The molecule has 1 amide bonds. The standard InChI is InChI=1S/C15H21ClN2O2/c1-3-6-15(7-8-17-10-15)14(19)18-13-9-11(20-2)4-5-12(13)16/h4-5,9,17H,3,6-8,10H2,1-2H3,(H,18,19). The molecule has 0 spiro atoms. The van der Waals surface area contributed by atoms with Crippen LogP contribution in [0.3, 0.4) is 0 Å². The first-order valence-electron chi connectivity index (χ1n) is 6.97. The largest absolute Gasteiger partial charge is 0.497 e. The third-order valence-corrected chi connectivity index (χ3v) is 4.21. The van der Waals surface area contributed by atoms with Gasteiger partial charge in [0, 0.05) is 12.6 Å². The Morgan fingerprint density at radius 2 is 2.35 bits per heavy atom. The van der Waals surface area contributed by atoms with Crippen molar-refractivity contribution in [2.45, 2.75) is 26.2 Å². The zero-order valence-corrected chi connectivity index (χ0v) is 12.7. The molecule has 0 bridgehead atoms. The van der Waals surface area contributed by atoms with Crippen LogP contribution < -0.4 is 15.4 Å². The fourth-order valence-electron chi connectivity index (χ4n) is 2.73. The fourth-order valence-corrected chi connectivity index (χ4v) is 2.89. The molecule has 1 heterocycles. The normalized spacial score (nSPS) is 21.8. The Balaban J connectivity index is 2.18. The van der Waals surface area contributed by atoms with Crippen LogP contribution in [-0.4, -0.2) is 26.1 Å². The van der Waals surface area contributed by atoms with Gasteiger partial charge in [-0.2, -0.15) is 0 Å². The van der Waals surface area contributed by atoms with E-state index in [0.29, 0.717) is 16.5 Å². The minimum absolute atomic E-state index is 0.0412. The van der Waals surface area contributed by atoms with E-state index in [-0.39, 0.29) is 11.3 Å². The zero-order valence-electron chi connectivity index (χ0n) is 12.0. The van der Waals surface area contributed by atoms with Crippen molar-refractivity contribution < 1.29 is 9.53 Å². The number of carbonyl (C=O) groups is 1. The number of hydrogen-bond acceptors (Lipinski definition) is 3. The van der Waals surface area contributed by atoms with E-state index in [0.717, 1.165) is 32.4 Å². The summed E-state index contributed by atoms with van der Waals surface area (Å²) in [7, 11) is 1.59. The van der Waals surface area contributed by atoms with E-state index >= 15 is 0 Å². The molecule has 0 aromatic heterocycles. The topological polar surface area (TPSA) is 50.4 Å². The Bertz CT molecular complexity index is 485. The monoisotopic (exact) mass is 296 g/mol. The van der Waals surface area contributed by atoms with Gasteiger partial charge >= 0.3 is 0 Å². The van der Waals surface area contributed by atoms with E-state index in [1.807, 2.05) is 0 Å². The summed E-state index contributed by atoms with van der Waals surface area (Å²) in [4.78, 5) is 12.6. The fraction of sp³-hybridized carbons (Fsp3) is 0.533. The summed E-state index contributed by atoms with van der Waals surface area (Å²) in [5.41, 5.74) is 0.291. The average Bonchev–Trinajstić information content (AvgIpc) is 2.91. The molecule has 110 valence electrons. The van der Waals surface area contributed by atoms with Crippen molar-refractivity contribution in [1.82, 2.24) is 5.32 Å². The van der Waals surface area contributed by atoms with Crippen LogP contribution in [0, 0.1) is 5.41 Å². The van der Waals surface area contributed by atoms with E-state index < -0.39 is 0 Å². The highest BCUT2D eigenvalue weighted by atomic mass is 35.5. The van der Waals surface area contributed by atoms with Crippen LogP contribution in [-0.2, 0) is 4.79 Å². The van der Waals surface area contributed by atoms with E-state index in [2.05, 4.69) is 17.6 Å². The van der Waals surface area contributed by atoms with Crippen LogP contribution in [0.15, 0.2) is 18.2 Å². The maximum absolute atomic E-state index is 12.6. The van der Waals surface area contributed by atoms with Gasteiger partial charge in [-0.15, -0.1) is 0 Å². The number of hydrogen-bond donors (Lipinski definition) is 2. The summed E-state index contributed by atoms with van der Waals surface area (Å²) in [5, 5.41) is 6.77. The quantitative estimate of drug-likeness (QED) is 0.878. The number of carbonyl (C=O) groups excluding carboxylic acids is 1. The van der Waals surface area contributed by atoms with Gasteiger partial charge < -0.3 is 15.4 Å². The number of benzene rings is 1. The molecule has 0 radical (unpaired) electrons. The molecule has 0 saturated carbocycles. The Kier molecular flexibility index (Phi) is 4.89. The molecule has 4 nitrogen and oxygen atoms in total. The number of nitrogens with one attached hydrogen (secondary N) is 2. The third-order valence-electron chi connectivity index (χ3n) is 3.88. The van der Waals surface area contributed by atoms with E-state index in [1.165, 1.54) is 0 Å². The van der Waals surface area contributed by atoms with Gasteiger partial charge in [0.25, 0.3) is 0 Å². The lowest BCUT2D eigenvalue weighted by Gasteiger charge is -2.26. The van der Waals surface area contributed by atoms with Gasteiger partial charge in [0.05, 0.1) is 23.2 Å². The van der Waals surface area contributed by atoms with Crippen LogP contribution >= 0.6 is 11.6 Å². The molecular formula is C15H21ClN2O2. The van der Waals surface area contributed by atoms with E-state index in [4.69, 9.17) is 16.3 Å². The molecule has 1 atom stereocenters. The number of halogens is 1. The van der Waals surface area contributed by atoms with Gasteiger partial charge in [-0.1, -0.05) is 24.9 Å². The summed E-state index contributed by atoms with van der Waals surface area (Å²) in [6.07, 6.45) is 2.74. The van der Waals surface area contributed by atoms with Gasteiger partial charge in [-0.05, 0) is 31.5 Å². The lowest BCUT2D eigenvalue weighted by atomic mass is 9.81. The summed E-state index contributed by atoms with van der Waals surface area (Å²) in [5.74, 6) is 0.721. The number of anilines is 1. The van der Waals surface area contributed by atoms with Crippen molar-refractivity contribution in [1.29, 1.82) is 0 Å². The van der Waals surface area contributed by atoms with Crippen LogP contribution in [0.5, 0.6) is 5.75 Å². The van der Waals surface area contributed by atoms with Crippen molar-refractivity contribution in [3.8, 4) is 5.75 Å². The smallest absolute Gasteiger partial charge is 0.231 e. The Labute approximate surface area is 124 Å². The molecule has 2 rings (SSSR count). The second kappa shape index (κ2) is 6.46. The van der Waals surface area contributed by atoms with Crippen molar-refractivity contribution in [2.24, 2.45) is 5.41 Å². The first-order valence-corrected chi connectivity index (χ1v) is 7.35. The highest BCUT2D eigenvalue weighted by molar-refractivity contribution is 6.33. The highest BCUT2D eigenvalue weighted by Crippen LogP contribution is 2.34. The maximum atomic E-state index is 12.6. The van der Waals surface area contributed by atoms with Gasteiger partial charge in [0.2, 0.25) is 5.91 Å². The minimum atomic E-state index is -0.318. The van der Waals surface area contributed by atoms with Gasteiger partial charge in [-0.25, -0.2) is 0 Å². The van der Waals surface area contributed by atoms with Crippen molar-refractivity contribution in [3.63, 3.8) is 0 Å². The second-order valence-corrected chi connectivity index (χ2v) is 5.66. The SMILES string of the molecule is CCCC1(C(=O)Nc2cc(OC)ccc2Cl)CCNC1. The van der Waals surface area contributed by atoms with Crippen molar-refractivity contribution in [3.05, 3.63) is 23.2 Å². The molecule has 1 unspecified atom stereocenters. The van der Waals surface area contributed by atoms with Crippen molar-refractivity contribution >= 4 is 23.2 Å². The summed E-state index contributed by atoms with van der Waals surface area (Å²) >= 11 is 6.14. The minimum Gasteiger partial charge on any atom is -0.497 e. The van der Waals surface area contributed by atoms with Gasteiger partial charge in [0.15, 0.2) is 0 Å². The first-order chi connectivity index (χ1) is 9.61. The van der Waals surface area contributed by atoms with Gasteiger partial charge in [0.1, 0.15) is 5.75 Å². The van der Waals surface area contributed by atoms with Crippen LogP contribution in [0.2, 0.25) is 5.02 Å². The lowest BCUT2D eigenvalue weighted by molar-refractivity contribution is -0.125. The lowest BCUT2D eigenvalue weighted by Crippen LogP contribution is -2.38. The van der Waals surface area contributed by atoms with E-state index in [9.17, 15) is 4.79 Å². The molecule has 20 heavy (non-hydrogen) atoms. The molecule has 5 heteroatoms. The van der Waals surface area contributed by atoms with Crippen LogP contribution in [0.1, 0.15) is 26.2 Å². The Morgan fingerprint density at radius 1 is 1.55 bits per heavy atom. The number of methoxy groups -OCH3 is 1. The first kappa shape index (κ1) is 15.1. The van der Waals surface area contributed by atoms with Crippen molar-refractivity contribution in [2.75, 3.05) is 25.5 Å². The van der Waals surface area contributed by atoms with Crippen LogP contribution in [0.25, 0.3) is 0 Å². The molecule has 1 aliphatic heterocycles. The molecular weight excluding hydrogens is 276 g/mol. The number of amides is 1. The third kappa shape index (κ3) is 3.07. The number of rotatable bonds is 5. The maximum Gasteiger partial charge on any atom is 0.231 e. The molecule has 1 aromatic rings. The Morgan fingerprint density at radius 3 is 2.95 bits per heavy atom. The molecule has 1 saturated heterocycles. The molecule has 1 aliphatic rings. The Hall–Kier alpha value is -1.26. The second-order valence-electron chi connectivity index (χ2n) is 5.26. The average molecular weight is 297 g/mol. The summed E-state index contributed by atoms with van der Waals surface area (Å²) < 4.78 is 5.17. The van der Waals surface area contributed by atoms with Crippen LogP contribution in [0.4, 0.5) is 5.69 Å². The predicted molar refractivity (Wildman–Crippen MR) is 81.5 cm³/mol.